The van der Waals surface area contributed by atoms with Crippen LogP contribution in [0.5, 0.6) is 0 Å². The third-order valence-corrected chi connectivity index (χ3v) is 6.52. The Bertz CT molecular complexity index is 809. The fourth-order valence-electron chi connectivity index (χ4n) is 4.49. The maximum Gasteiger partial charge on any atom is 0.414 e. The number of hydrogen-bond acceptors (Lipinski definition) is 3. The summed E-state index contributed by atoms with van der Waals surface area (Å²) in [6, 6.07) is 8.18. The lowest BCUT2D eigenvalue weighted by atomic mass is 10.0. The smallest absolute Gasteiger partial charge is 0.414 e. The number of aromatic amines is 1. The highest BCUT2D eigenvalue weighted by Gasteiger charge is 2.23. The molecule has 2 rings (SSSR count). The monoisotopic (exact) mass is 497 g/mol. The Morgan fingerprint density at radius 1 is 0.833 bits per heavy atom. The number of carbonyl (C=O) groups excluding carboxylic acids is 1. The summed E-state index contributed by atoms with van der Waals surface area (Å²) in [6.45, 7) is 8.72. The number of carbonyl (C=O) groups is 1. The van der Waals surface area contributed by atoms with Gasteiger partial charge in [-0.1, -0.05) is 103 Å². The van der Waals surface area contributed by atoms with Crippen molar-refractivity contribution in [3.05, 3.63) is 48.0 Å². The number of nitrogens with one attached hydrogen (secondary N) is 1. The van der Waals surface area contributed by atoms with Crippen molar-refractivity contribution in [2.75, 3.05) is 11.4 Å². The van der Waals surface area contributed by atoms with Crippen LogP contribution in [0.1, 0.15) is 129 Å². The molecule has 1 heterocycles. The SMILES string of the molecule is CCCCCCCCCCCCCCCCN(C(=O)OC(C)(C)C)c1ccc(Cc2ncc[nH]2)cc1. The molecule has 0 aliphatic carbocycles. The van der Waals surface area contributed by atoms with Crippen molar-refractivity contribution >= 4 is 11.8 Å². The van der Waals surface area contributed by atoms with Gasteiger partial charge in [0.1, 0.15) is 11.4 Å². The van der Waals surface area contributed by atoms with Crippen molar-refractivity contribution in [2.24, 2.45) is 0 Å². The summed E-state index contributed by atoms with van der Waals surface area (Å²) in [4.78, 5) is 22.2. The van der Waals surface area contributed by atoms with Gasteiger partial charge in [0.25, 0.3) is 0 Å². The molecule has 1 amide bonds. The van der Waals surface area contributed by atoms with E-state index in [4.69, 9.17) is 4.74 Å². The van der Waals surface area contributed by atoms with Crippen molar-refractivity contribution in [3.63, 3.8) is 0 Å². The van der Waals surface area contributed by atoms with Crippen molar-refractivity contribution in [1.29, 1.82) is 0 Å². The minimum Gasteiger partial charge on any atom is -0.443 e. The molecule has 1 aromatic heterocycles. The minimum absolute atomic E-state index is 0.268. The average Bonchev–Trinajstić information content (AvgIpc) is 3.34. The summed E-state index contributed by atoms with van der Waals surface area (Å²) in [5.74, 6) is 0.939. The van der Waals surface area contributed by atoms with E-state index in [0.29, 0.717) is 6.54 Å². The first-order valence-corrected chi connectivity index (χ1v) is 14.5. The van der Waals surface area contributed by atoms with Crippen LogP contribution in [0.4, 0.5) is 10.5 Å². The molecule has 0 unspecified atom stereocenters. The molecule has 0 radical (unpaired) electrons. The number of anilines is 1. The molecule has 0 fully saturated rings. The summed E-state index contributed by atoms with van der Waals surface area (Å²) >= 11 is 0. The van der Waals surface area contributed by atoms with Crippen molar-refractivity contribution in [1.82, 2.24) is 9.97 Å². The number of rotatable bonds is 18. The Hall–Kier alpha value is -2.30. The fourth-order valence-corrected chi connectivity index (χ4v) is 4.49. The van der Waals surface area contributed by atoms with E-state index in [2.05, 4.69) is 29.0 Å². The van der Waals surface area contributed by atoms with Crippen LogP contribution < -0.4 is 4.90 Å². The molecule has 2 aromatic rings. The largest absolute Gasteiger partial charge is 0.443 e. The zero-order chi connectivity index (χ0) is 26.1. The number of ether oxygens (including phenoxy) is 1. The number of H-pyrrole nitrogens is 1. The number of hydrogen-bond donors (Lipinski definition) is 1. The standard InChI is InChI=1S/C31H51N3O2/c1-5-6-7-8-9-10-11-12-13-14-15-16-17-18-25-34(30(35)36-31(2,3)4)28-21-19-27(20-22-28)26-29-32-23-24-33-29/h19-24H,5-18,25-26H2,1-4H3,(H,32,33). The molecule has 1 N–H and O–H groups in total. The summed E-state index contributed by atoms with van der Waals surface area (Å²) in [6.07, 6.45) is 22.6. The van der Waals surface area contributed by atoms with Crippen LogP contribution in [0.2, 0.25) is 0 Å². The Morgan fingerprint density at radius 3 is 1.83 bits per heavy atom. The first kappa shape index (κ1) is 29.9. The van der Waals surface area contributed by atoms with Gasteiger partial charge < -0.3 is 9.72 Å². The van der Waals surface area contributed by atoms with Crippen LogP contribution in [0.3, 0.4) is 0 Å². The van der Waals surface area contributed by atoms with E-state index in [1.807, 2.05) is 39.1 Å². The quantitative estimate of drug-likeness (QED) is 0.209. The van der Waals surface area contributed by atoms with Gasteiger partial charge in [0, 0.05) is 31.0 Å². The Kier molecular flexibility index (Phi) is 14.3. The second-order valence-electron chi connectivity index (χ2n) is 11.1. The van der Waals surface area contributed by atoms with Crippen LogP contribution in [0.25, 0.3) is 0 Å². The molecular formula is C31H51N3O2. The maximum absolute atomic E-state index is 13.0. The highest BCUT2D eigenvalue weighted by molar-refractivity contribution is 5.87. The van der Waals surface area contributed by atoms with Gasteiger partial charge >= 0.3 is 6.09 Å². The highest BCUT2D eigenvalue weighted by atomic mass is 16.6. The van der Waals surface area contributed by atoms with E-state index in [1.165, 1.54) is 77.0 Å². The van der Waals surface area contributed by atoms with E-state index in [9.17, 15) is 4.79 Å². The molecule has 0 atom stereocenters. The molecule has 0 aliphatic heterocycles. The van der Waals surface area contributed by atoms with E-state index in [1.54, 1.807) is 11.1 Å². The second kappa shape index (κ2) is 17.2. The van der Waals surface area contributed by atoms with Crippen molar-refractivity contribution < 1.29 is 9.53 Å². The predicted molar refractivity (Wildman–Crippen MR) is 152 cm³/mol. The Morgan fingerprint density at radius 2 is 1.36 bits per heavy atom. The average molecular weight is 498 g/mol. The van der Waals surface area contributed by atoms with Crippen LogP contribution in [-0.2, 0) is 11.2 Å². The predicted octanol–water partition coefficient (Wildman–Crippen LogP) is 9.22. The molecule has 202 valence electrons. The topological polar surface area (TPSA) is 58.2 Å². The highest BCUT2D eigenvalue weighted by Crippen LogP contribution is 2.21. The Balaban J connectivity index is 1.69. The third-order valence-electron chi connectivity index (χ3n) is 6.52. The van der Waals surface area contributed by atoms with Crippen molar-refractivity contribution in [2.45, 2.75) is 130 Å². The number of imidazole rings is 1. The maximum atomic E-state index is 13.0. The third kappa shape index (κ3) is 13.1. The number of amides is 1. The van der Waals surface area contributed by atoms with Gasteiger partial charge in [0.15, 0.2) is 0 Å². The Labute approximate surface area is 220 Å². The zero-order valence-electron chi connectivity index (χ0n) is 23.5. The summed E-state index contributed by atoms with van der Waals surface area (Å²) < 4.78 is 5.71. The van der Waals surface area contributed by atoms with Gasteiger partial charge in [0.05, 0.1) is 0 Å². The van der Waals surface area contributed by atoms with E-state index in [-0.39, 0.29) is 6.09 Å². The lowest BCUT2D eigenvalue weighted by molar-refractivity contribution is 0.0579. The van der Waals surface area contributed by atoms with Gasteiger partial charge in [-0.3, -0.25) is 4.90 Å². The van der Waals surface area contributed by atoms with Gasteiger partial charge in [-0.05, 0) is 44.9 Å². The number of aromatic nitrogens is 2. The minimum atomic E-state index is -0.510. The van der Waals surface area contributed by atoms with Crippen LogP contribution >= 0.6 is 0 Å². The van der Waals surface area contributed by atoms with Crippen LogP contribution in [-0.4, -0.2) is 28.2 Å². The number of unbranched alkanes of at least 4 members (excludes halogenated alkanes) is 13. The normalized spacial score (nSPS) is 11.6. The fraction of sp³-hybridized carbons (Fsp3) is 0.677. The van der Waals surface area contributed by atoms with Gasteiger partial charge in [-0.15, -0.1) is 0 Å². The molecule has 1 aromatic carbocycles. The first-order chi connectivity index (χ1) is 17.4. The number of benzene rings is 1. The van der Waals surface area contributed by atoms with Crippen LogP contribution in [0, 0.1) is 0 Å². The summed E-state index contributed by atoms with van der Waals surface area (Å²) in [5, 5.41) is 0. The first-order valence-electron chi connectivity index (χ1n) is 14.5. The lowest BCUT2D eigenvalue weighted by Crippen LogP contribution is -2.37. The molecule has 36 heavy (non-hydrogen) atoms. The molecule has 0 bridgehead atoms. The van der Waals surface area contributed by atoms with E-state index < -0.39 is 5.60 Å². The van der Waals surface area contributed by atoms with Gasteiger partial charge in [0.2, 0.25) is 0 Å². The molecule has 0 spiro atoms. The van der Waals surface area contributed by atoms with Crippen LogP contribution in [0.15, 0.2) is 36.7 Å². The molecule has 5 nitrogen and oxygen atoms in total. The molecule has 0 aliphatic rings. The lowest BCUT2D eigenvalue weighted by Gasteiger charge is -2.27. The molecule has 5 heteroatoms. The molecule has 0 saturated heterocycles. The summed E-state index contributed by atoms with van der Waals surface area (Å²) in [7, 11) is 0. The van der Waals surface area contributed by atoms with Gasteiger partial charge in [-0.2, -0.15) is 0 Å². The zero-order valence-corrected chi connectivity index (χ0v) is 23.5. The van der Waals surface area contributed by atoms with Gasteiger partial charge in [-0.25, -0.2) is 9.78 Å². The molecule has 0 saturated carbocycles. The molecular weight excluding hydrogens is 446 g/mol. The number of nitrogens with zero attached hydrogens (tertiary/aromatic N) is 2. The van der Waals surface area contributed by atoms with E-state index >= 15 is 0 Å². The van der Waals surface area contributed by atoms with E-state index in [0.717, 1.165) is 36.3 Å². The van der Waals surface area contributed by atoms with Crippen molar-refractivity contribution in [3.8, 4) is 0 Å². The second-order valence-corrected chi connectivity index (χ2v) is 11.1. The summed E-state index contributed by atoms with van der Waals surface area (Å²) in [5.41, 5.74) is 1.54.